The predicted octanol–water partition coefficient (Wildman–Crippen LogP) is 6.23. The van der Waals surface area contributed by atoms with E-state index in [0.717, 1.165) is 33.2 Å². The van der Waals surface area contributed by atoms with Crippen LogP contribution in [0.2, 0.25) is 0 Å². The van der Waals surface area contributed by atoms with Crippen LogP contribution < -0.4 is 10.6 Å². The second-order valence-electron chi connectivity index (χ2n) is 13.5. The molecule has 0 aliphatic rings. The number of hydrogen-bond acceptors (Lipinski definition) is 7. The lowest BCUT2D eigenvalue weighted by Gasteiger charge is -2.32. The van der Waals surface area contributed by atoms with E-state index in [1.54, 1.807) is 34.1 Å². The average Bonchev–Trinajstić information content (AvgIpc) is 3.79. The van der Waals surface area contributed by atoms with E-state index in [1.165, 1.54) is 14.0 Å². The number of carbonyl (C=O) groups excluding carboxylic acids is 4. The van der Waals surface area contributed by atoms with Crippen molar-refractivity contribution in [3.8, 4) is 11.8 Å². The second kappa shape index (κ2) is 18.7. The van der Waals surface area contributed by atoms with Crippen LogP contribution in [0.15, 0.2) is 72.9 Å². The first-order valence-corrected chi connectivity index (χ1v) is 18.5. The van der Waals surface area contributed by atoms with Crippen LogP contribution in [-0.4, -0.2) is 85.8 Å². The van der Waals surface area contributed by atoms with E-state index >= 15 is 0 Å². The van der Waals surface area contributed by atoms with Crippen molar-refractivity contribution in [2.75, 3.05) is 20.2 Å². The number of nitrogens with zero attached hydrogens (tertiary/aromatic N) is 4. The standard InChI is InChI=1S/C42H52N8O5/c1-11-15-31(16-12-2)37(48-42(54)55-10)41(53)50(14-4)27(8)39-45-33-22-20-30(24-35(33)47-39)18-17-29-19-21-32-34(23-29)46-38(44-32)26(7)49(13-3)40(52)36(25(5)6)43-28(9)51/h11-12,15-16,19-27,36-37H,1,13-14H2,2-10H3,(H,43,51)(H,44,46)(H,45,47)(H,48,54)/b16-12-,31-15+/t26-,27?,36-,37+/m0/s1. The first kappa shape index (κ1) is 41.6. The number of ether oxygens (including phenoxy) is 1. The minimum Gasteiger partial charge on any atom is -0.453 e. The fourth-order valence-corrected chi connectivity index (χ4v) is 6.41. The predicted molar refractivity (Wildman–Crippen MR) is 215 cm³/mol. The summed E-state index contributed by atoms with van der Waals surface area (Å²) in [5.74, 6) is 6.89. The van der Waals surface area contributed by atoms with Gasteiger partial charge in [-0.2, -0.15) is 0 Å². The van der Waals surface area contributed by atoms with Gasteiger partial charge in [-0.05, 0) is 82.5 Å². The van der Waals surface area contributed by atoms with Crippen molar-refractivity contribution < 1.29 is 23.9 Å². The third-order valence-electron chi connectivity index (χ3n) is 9.31. The Morgan fingerprint density at radius 2 is 1.36 bits per heavy atom. The first-order valence-electron chi connectivity index (χ1n) is 18.5. The Labute approximate surface area is 322 Å². The summed E-state index contributed by atoms with van der Waals surface area (Å²) in [7, 11) is 1.25. The molecule has 4 atom stereocenters. The van der Waals surface area contributed by atoms with Gasteiger partial charge in [0.25, 0.3) is 5.91 Å². The van der Waals surface area contributed by atoms with Gasteiger partial charge in [0.15, 0.2) is 0 Å². The molecular weight excluding hydrogens is 697 g/mol. The highest BCUT2D eigenvalue weighted by Crippen LogP contribution is 2.25. The summed E-state index contributed by atoms with van der Waals surface area (Å²) in [6.45, 7) is 19.2. The Balaban J connectivity index is 1.56. The largest absolute Gasteiger partial charge is 0.453 e. The summed E-state index contributed by atoms with van der Waals surface area (Å²) in [5, 5.41) is 5.45. The number of hydrogen-bond donors (Lipinski definition) is 4. The smallest absolute Gasteiger partial charge is 0.407 e. The van der Waals surface area contributed by atoms with Crippen LogP contribution in [0.3, 0.4) is 0 Å². The third-order valence-corrected chi connectivity index (χ3v) is 9.31. The fraction of sp³-hybridized carbons (Fsp3) is 0.381. The molecule has 0 aliphatic heterocycles. The van der Waals surface area contributed by atoms with Gasteiger partial charge in [0.1, 0.15) is 23.7 Å². The number of H-pyrrole nitrogens is 2. The molecule has 4 N–H and O–H groups in total. The van der Waals surface area contributed by atoms with E-state index in [-0.39, 0.29) is 29.7 Å². The highest BCUT2D eigenvalue weighted by atomic mass is 16.5. The molecule has 13 nitrogen and oxygen atoms in total. The molecule has 1 unspecified atom stereocenters. The minimum absolute atomic E-state index is 0.0743. The van der Waals surface area contributed by atoms with Gasteiger partial charge in [0.2, 0.25) is 11.8 Å². The number of allylic oxidation sites excluding steroid dienone is 3. The van der Waals surface area contributed by atoms with Crippen LogP contribution in [0, 0.1) is 17.8 Å². The summed E-state index contributed by atoms with van der Waals surface area (Å²) in [6, 6.07) is 8.97. The number of carbonyl (C=O) groups is 4. The Kier molecular flexibility index (Phi) is 14.2. The van der Waals surface area contributed by atoms with Gasteiger partial charge in [-0.25, -0.2) is 14.8 Å². The molecule has 290 valence electrons. The number of fused-ring (bicyclic) bond motifs is 2. The molecule has 2 aromatic carbocycles. The Morgan fingerprint density at radius 1 is 0.855 bits per heavy atom. The van der Waals surface area contributed by atoms with Gasteiger partial charge in [0, 0.05) is 31.1 Å². The lowest BCUT2D eigenvalue weighted by Crippen LogP contribution is -2.51. The van der Waals surface area contributed by atoms with E-state index < -0.39 is 24.2 Å². The molecule has 0 saturated heterocycles. The number of alkyl carbamates (subject to hydrolysis) is 1. The van der Waals surface area contributed by atoms with Crippen molar-refractivity contribution in [2.45, 2.75) is 79.6 Å². The number of methoxy groups -OCH3 is 1. The van der Waals surface area contributed by atoms with E-state index in [1.807, 2.05) is 84.9 Å². The lowest BCUT2D eigenvalue weighted by molar-refractivity contribution is -0.139. The molecule has 0 saturated carbocycles. The summed E-state index contributed by atoms with van der Waals surface area (Å²) >= 11 is 0. The maximum absolute atomic E-state index is 13.9. The van der Waals surface area contributed by atoms with Gasteiger partial charge < -0.3 is 35.1 Å². The second-order valence-corrected chi connectivity index (χ2v) is 13.5. The molecule has 0 aliphatic carbocycles. The summed E-state index contributed by atoms with van der Waals surface area (Å²) in [4.78, 5) is 71.1. The third kappa shape index (κ3) is 9.89. The number of nitrogens with one attached hydrogen (secondary N) is 4. The van der Waals surface area contributed by atoms with Crippen LogP contribution >= 0.6 is 0 Å². The first-order chi connectivity index (χ1) is 26.3. The van der Waals surface area contributed by atoms with Gasteiger partial charge in [0.05, 0.1) is 41.3 Å². The lowest BCUT2D eigenvalue weighted by atomic mass is 10.0. The molecule has 2 heterocycles. The molecule has 0 radical (unpaired) electrons. The molecule has 2 aromatic heterocycles. The van der Waals surface area contributed by atoms with Gasteiger partial charge in [-0.3, -0.25) is 14.4 Å². The van der Waals surface area contributed by atoms with Crippen LogP contribution in [0.5, 0.6) is 0 Å². The topological polar surface area (TPSA) is 165 Å². The molecule has 0 fully saturated rings. The molecule has 55 heavy (non-hydrogen) atoms. The van der Waals surface area contributed by atoms with Crippen LogP contribution in [0.4, 0.5) is 4.79 Å². The zero-order valence-electron chi connectivity index (χ0n) is 33.1. The maximum atomic E-state index is 13.9. The fourth-order valence-electron chi connectivity index (χ4n) is 6.41. The van der Waals surface area contributed by atoms with E-state index in [9.17, 15) is 19.2 Å². The van der Waals surface area contributed by atoms with E-state index in [4.69, 9.17) is 14.7 Å². The van der Waals surface area contributed by atoms with Crippen molar-refractivity contribution in [3.63, 3.8) is 0 Å². The number of aromatic nitrogens is 4. The average molecular weight is 749 g/mol. The van der Waals surface area contributed by atoms with Gasteiger partial charge >= 0.3 is 6.09 Å². The van der Waals surface area contributed by atoms with Crippen molar-refractivity contribution >= 4 is 45.9 Å². The maximum Gasteiger partial charge on any atom is 0.407 e. The normalized spacial score (nSPS) is 13.8. The van der Waals surface area contributed by atoms with Crippen LogP contribution in [0.1, 0.15) is 90.2 Å². The molecule has 4 aromatic rings. The summed E-state index contributed by atoms with van der Waals surface area (Å²) < 4.78 is 4.81. The monoisotopic (exact) mass is 748 g/mol. The molecule has 0 spiro atoms. The van der Waals surface area contributed by atoms with Crippen molar-refractivity contribution in [2.24, 2.45) is 5.92 Å². The van der Waals surface area contributed by atoms with Crippen molar-refractivity contribution in [3.05, 3.63) is 95.6 Å². The number of likely N-dealkylation sites (N-methyl/N-ethyl adjacent to an activating group) is 2. The summed E-state index contributed by atoms with van der Waals surface area (Å²) in [5.41, 5.74) is 5.12. The molecular formula is C42H52N8O5. The number of rotatable bonds is 14. The molecule has 13 heteroatoms. The van der Waals surface area contributed by atoms with E-state index in [0.29, 0.717) is 30.3 Å². The van der Waals surface area contributed by atoms with Crippen molar-refractivity contribution in [1.29, 1.82) is 0 Å². The van der Waals surface area contributed by atoms with E-state index in [2.05, 4.69) is 39.0 Å². The number of amides is 4. The Morgan fingerprint density at radius 3 is 1.78 bits per heavy atom. The SMILES string of the molecule is C=C/C=C(\C=C/C)[C@@H](NC(=O)OC)C(=O)N(CC)C(C)c1nc2ccc(C#Cc3ccc4nc([C@H](C)N(CC)C(=O)[C@@H](NC(C)=O)C(C)C)[nH]c4c3)cc2[nH]1. The Bertz CT molecular complexity index is 2170. The molecule has 0 bridgehead atoms. The van der Waals surface area contributed by atoms with Gasteiger partial charge in [-0.15, -0.1) is 0 Å². The molecule has 4 rings (SSSR count). The summed E-state index contributed by atoms with van der Waals surface area (Å²) in [6.07, 6.45) is 6.05. The highest BCUT2D eigenvalue weighted by Gasteiger charge is 2.33. The minimum atomic E-state index is -1.000. The quantitative estimate of drug-likeness (QED) is 0.0877. The molecule has 4 amide bonds. The van der Waals surface area contributed by atoms with Crippen molar-refractivity contribution in [1.82, 2.24) is 40.4 Å². The van der Waals surface area contributed by atoms with Gasteiger partial charge in [-0.1, -0.05) is 56.6 Å². The zero-order chi connectivity index (χ0) is 40.4. The zero-order valence-corrected chi connectivity index (χ0v) is 33.1. The number of aromatic amines is 2. The number of imidazole rings is 2. The number of benzene rings is 2. The van der Waals surface area contributed by atoms with Crippen LogP contribution in [0.25, 0.3) is 22.1 Å². The highest BCUT2D eigenvalue weighted by molar-refractivity contribution is 5.90. The van der Waals surface area contributed by atoms with Crippen LogP contribution in [-0.2, 0) is 19.1 Å². The Hall–Kier alpha value is -6.16.